The van der Waals surface area contributed by atoms with Gasteiger partial charge in [0.1, 0.15) is 10.8 Å². The topological polar surface area (TPSA) is 85.6 Å². The third-order valence-electron chi connectivity index (χ3n) is 3.94. The molecule has 1 N–H and O–H groups in total. The van der Waals surface area contributed by atoms with Crippen LogP contribution in [-0.2, 0) is 19.3 Å². The van der Waals surface area contributed by atoms with Gasteiger partial charge in [-0.2, -0.15) is 0 Å². The van der Waals surface area contributed by atoms with Crippen molar-refractivity contribution in [1.82, 2.24) is 30.3 Å². The Morgan fingerprint density at radius 2 is 1.93 bits per heavy atom. The molecule has 2 aromatic heterocycles. The minimum absolute atomic E-state index is 0.204. The Morgan fingerprint density at radius 3 is 2.59 bits per heavy atom. The van der Waals surface area contributed by atoms with Gasteiger partial charge in [0.05, 0.1) is 5.75 Å². The first-order chi connectivity index (χ1) is 12.9. The van der Waals surface area contributed by atoms with Crippen LogP contribution in [0.5, 0.6) is 0 Å². The first kappa shape index (κ1) is 19.5. The predicted molar refractivity (Wildman–Crippen MR) is 107 cm³/mol. The summed E-state index contributed by atoms with van der Waals surface area (Å²) in [5, 5.41) is 21.4. The molecular weight excluding hydrogens is 380 g/mol. The fourth-order valence-electron chi connectivity index (χ4n) is 2.45. The molecule has 1 aromatic carbocycles. The predicted octanol–water partition coefficient (Wildman–Crippen LogP) is 3.32. The molecule has 0 aliphatic carbocycles. The molecule has 0 saturated carbocycles. The highest BCUT2D eigenvalue weighted by atomic mass is 32.2. The lowest BCUT2D eigenvalue weighted by Gasteiger charge is -2.04. The summed E-state index contributed by atoms with van der Waals surface area (Å²) in [7, 11) is 1.96. The maximum absolute atomic E-state index is 12.3. The molecule has 7 nitrogen and oxygen atoms in total. The van der Waals surface area contributed by atoms with Crippen LogP contribution in [0, 0.1) is 6.92 Å². The average molecular weight is 403 g/mol. The van der Waals surface area contributed by atoms with E-state index in [9.17, 15) is 4.79 Å². The molecule has 0 bridgehead atoms. The zero-order chi connectivity index (χ0) is 19.4. The van der Waals surface area contributed by atoms with Crippen LogP contribution in [0.25, 0.3) is 0 Å². The molecule has 0 unspecified atom stereocenters. The number of amides is 1. The second-order valence-corrected chi connectivity index (χ2v) is 8.52. The van der Waals surface area contributed by atoms with E-state index in [0.29, 0.717) is 23.2 Å². The Labute approximate surface area is 166 Å². The quantitative estimate of drug-likeness (QED) is 0.610. The van der Waals surface area contributed by atoms with Gasteiger partial charge in [-0.25, -0.2) is 0 Å². The van der Waals surface area contributed by atoms with Crippen molar-refractivity contribution in [2.24, 2.45) is 7.05 Å². The molecule has 142 valence electrons. The highest BCUT2D eigenvalue weighted by Gasteiger charge is 2.15. The maximum Gasteiger partial charge on any atom is 0.282 e. The number of thioether (sulfide) groups is 1. The van der Waals surface area contributed by atoms with E-state index in [1.54, 1.807) is 11.8 Å². The van der Waals surface area contributed by atoms with E-state index < -0.39 is 0 Å². The van der Waals surface area contributed by atoms with Crippen LogP contribution in [0.3, 0.4) is 0 Å². The summed E-state index contributed by atoms with van der Waals surface area (Å²) in [6.07, 6.45) is 0. The summed E-state index contributed by atoms with van der Waals surface area (Å²) < 4.78 is 1.99. The third kappa shape index (κ3) is 4.92. The number of aromatic nitrogens is 5. The van der Waals surface area contributed by atoms with E-state index in [2.05, 4.69) is 39.6 Å². The van der Waals surface area contributed by atoms with E-state index in [4.69, 9.17) is 0 Å². The van der Waals surface area contributed by atoms with Crippen LogP contribution in [0.1, 0.15) is 51.5 Å². The lowest BCUT2D eigenvalue weighted by molar-refractivity contribution is 0.0950. The van der Waals surface area contributed by atoms with Gasteiger partial charge in [-0.05, 0) is 12.5 Å². The van der Waals surface area contributed by atoms with Crippen molar-refractivity contribution in [2.45, 2.75) is 44.1 Å². The largest absolute Gasteiger partial charge is 0.346 e. The maximum atomic E-state index is 12.3. The first-order valence-corrected chi connectivity index (χ1v) is 10.4. The minimum Gasteiger partial charge on any atom is -0.346 e. The molecular formula is C18H22N6OS2. The Kier molecular flexibility index (Phi) is 6.22. The highest BCUT2D eigenvalue weighted by Crippen LogP contribution is 2.24. The monoisotopic (exact) mass is 402 g/mol. The van der Waals surface area contributed by atoms with Gasteiger partial charge >= 0.3 is 0 Å². The van der Waals surface area contributed by atoms with Crippen LogP contribution in [0.4, 0.5) is 0 Å². The van der Waals surface area contributed by atoms with E-state index in [1.165, 1.54) is 16.9 Å². The van der Waals surface area contributed by atoms with Crippen molar-refractivity contribution in [3.63, 3.8) is 0 Å². The fraction of sp³-hybridized carbons (Fsp3) is 0.389. The summed E-state index contributed by atoms with van der Waals surface area (Å²) in [4.78, 5) is 12.3. The molecule has 0 radical (unpaired) electrons. The van der Waals surface area contributed by atoms with E-state index >= 15 is 0 Å². The van der Waals surface area contributed by atoms with Crippen molar-refractivity contribution in [3.05, 3.63) is 51.2 Å². The lowest BCUT2D eigenvalue weighted by atomic mass is 10.1. The lowest BCUT2D eigenvalue weighted by Crippen LogP contribution is -2.22. The van der Waals surface area contributed by atoms with Crippen molar-refractivity contribution >= 4 is 29.0 Å². The van der Waals surface area contributed by atoms with Gasteiger partial charge in [0.25, 0.3) is 5.91 Å². The fourth-order valence-corrected chi connectivity index (χ4v) is 4.11. The van der Waals surface area contributed by atoms with Gasteiger partial charge in [0.2, 0.25) is 5.01 Å². The number of nitrogens with zero attached hydrogens (tertiary/aromatic N) is 5. The van der Waals surface area contributed by atoms with Gasteiger partial charge < -0.3 is 9.88 Å². The van der Waals surface area contributed by atoms with Crippen molar-refractivity contribution < 1.29 is 4.79 Å². The van der Waals surface area contributed by atoms with Crippen molar-refractivity contribution in [2.75, 3.05) is 0 Å². The number of benzene rings is 1. The number of hydrogen-bond donors (Lipinski definition) is 1. The molecule has 0 saturated heterocycles. The summed E-state index contributed by atoms with van der Waals surface area (Å²) in [5.41, 5.74) is 2.25. The first-order valence-electron chi connectivity index (χ1n) is 8.62. The van der Waals surface area contributed by atoms with E-state index in [1.807, 2.05) is 42.8 Å². The zero-order valence-electron chi connectivity index (χ0n) is 15.8. The number of hydrogen-bond acceptors (Lipinski definition) is 7. The van der Waals surface area contributed by atoms with Gasteiger partial charge in [-0.1, -0.05) is 66.8 Å². The molecule has 3 aromatic rings. The number of aryl methyl sites for hydroxylation is 1. The standard InChI is InChI=1S/C18H22N6OS2/c1-11(2)15-21-23-18(24(15)4)26-10-14-20-22-17(27-14)16(25)19-9-13-7-5-12(3)6-8-13/h5-8,11H,9-10H2,1-4H3,(H,19,25). The Hall–Kier alpha value is -2.26. The molecule has 0 fully saturated rings. The summed E-state index contributed by atoms with van der Waals surface area (Å²) in [6, 6.07) is 8.06. The molecule has 0 aliphatic rings. The molecule has 9 heteroatoms. The number of rotatable bonds is 7. The van der Waals surface area contributed by atoms with E-state index in [-0.39, 0.29) is 5.91 Å². The van der Waals surface area contributed by atoms with Crippen LogP contribution >= 0.6 is 23.1 Å². The van der Waals surface area contributed by atoms with Crippen LogP contribution in [-0.4, -0.2) is 30.9 Å². The Morgan fingerprint density at radius 1 is 1.19 bits per heavy atom. The SMILES string of the molecule is Cc1ccc(CNC(=O)c2nnc(CSc3nnc(C(C)C)n3C)s2)cc1. The molecule has 3 rings (SSSR count). The van der Waals surface area contributed by atoms with E-state index in [0.717, 1.165) is 21.6 Å². The number of nitrogens with one attached hydrogen (secondary N) is 1. The summed E-state index contributed by atoms with van der Waals surface area (Å²) >= 11 is 2.84. The Balaban J connectivity index is 1.54. The van der Waals surface area contributed by atoms with Gasteiger partial charge in [-0.3, -0.25) is 4.79 Å². The van der Waals surface area contributed by atoms with Crippen LogP contribution in [0.15, 0.2) is 29.4 Å². The second-order valence-electron chi connectivity index (χ2n) is 6.51. The van der Waals surface area contributed by atoms with Crippen LogP contribution in [0.2, 0.25) is 0 Å². The van der Waals surface area contributed by atoms with Gasteiger partial charge in [0, 0.05) is 19.5 Å². The molecule has 1 amide bonds. The summed E-state index contributed by atoms with van der Waals surface area (Å²) in [5.74, 6) is 1.67. The third-order valence-corrected chi connectivity index (χ3v) is 6.08. The zero-order valence-corrected chi connectivity index (χ0v) is 17.4. The Bertz CT molecular complexity index is 916. The average Bonchev–Trinajstić information content (AvgIpc) is 3.26. The molecule has 0 aliphatic heterocycles. The van der Waals surface area contributed by atoms with Crippen molar-refractivity contribution in [3.8, 4) is 0 Å². The molecule has 27 heavy (non-hydrogen) atoms. The summed E-state index contributed by atoms with van der Waals surface area (Å²) in [6.45, 7) is 6.68. The highest BCUT2D eigenvalue weighted by molar-refractivity contribution is 7.98. The minimum atomic E-state index is -0.204. The molecule has 0 atom stereocenters. The molecule has 0 spiro atoms. The second kappa shape index (κ2) is 8.62. The number of carbonyl (C=O) groups excluding carboxylic acids is 1. The smallest absolute Gasteiger partial charge is 0.282 e. The number of carbonyl (C=O) groups is 1. The van der Waals surface area contributed by atoms with Gasteiger partial charge in [0.15, 0.2) is 5.16 Å². The van der Waals surface area contributed by atoms with Crippen LogP contribution < -0.4 is 5.32 Å². The molecule has 2 heterocycles. The van der Waals surface area contributed by atoms with Gasteiger partial charge in [-0.15, -0.1) is 20.4 Å². The normalized spacial score (nSPS) is 11.1. The van der Waals surface area contributed by atoms with Crippen molar-refractivity contribution in [1.29, 1.82) is 0 Å².